The predicted octanol–water partition coefficient (Wildman–Crippen LogP) is 6.08. The fraction of sp³-hybridized carbons (Fsp3) is 0.379. The summed E-state index contributed by atoms with van der Waals surface area (Å²) in [6.45, 7) is 12.3. The Balaban J connectivity index is 1.43. The Bertz CT molecular complexity index is 1470. The summed E-state index contributed by atoms with van der Waals surface area (Å²) >= 11 is 0. The maximum atomic E-state index is 13.5. The highest BCUT2D eigenvalue weighted by atomic mass is 19.1. The number of piperazine rings is 1. The minimum atomic E-state index is -0.524. The average molecular weight is 532 g/mol. The van der Waals surface area contributed by atoms with Crippen LogP contribution in [0.15, 0.2) is 48.9 Å². The Morgan fingerprint density at radius 2 is 1.79 bits per heavy atom. The van der Waals surface area contributed by atoms with Crippen LogP contribution < -0.4 is 10.2 Å². The number of H-pyrrole nitrogens is 1. The summed E-state index contributed by atoms with van der Waals surface area (Å²) in [7, 11) is 0. The van der Waals surface area contributed by atoms with Gasteiger partial charge in [-0.2, -0.15) is 0 Å². The monoisotopic (exact) mass is 531 g/mol. The Labute approximate surface area is 227 Å². The van der Waals surface area contributed by atoms with E-state index in [1.165, 1.54) is 12.1 Å². The molecule has 1 amide bonds. The number of carbonyl (C=O) groups is 1. The van der Waals surface area contributed by atoms with E-state index in [-0.39, 0.29) is 17.8 Å². The van der Waals surface area contributed by atoms with Gasteiger partial charge in [-0.05, 0) is 57.0 Å². The zero-order valence-electron chi connectivity index (χ0n) is 23.0. The molecule has 5 rings (SSSR count). The molecule has 0 radical (unpaired) electrons. The van der Waals surface area contributed by atoms with Crippen molar-refractivity contribution in [3.8, 4) is 11.4 Å². The van der Waals surface area contributed by atoms with Gasteiger partial charge in [-0.1, -0.05) is 13.8 Å². The van der Waals surface area contributed by atoms with E-state index in [1.807, 2.05) is 39.2 Å². The van der Waals surface area contributed by atoms with Crippen molar-refractivity contribution in [1.29, 1.82) is 0 Å². The van der Waals surface area contributed by atoms with Gasteiger partial charge in [-0.15, -0.1) is 0 Å². The smallest absolute Gasteiger partial charge is 0.410 e. The number of benzene rings is 1. The molecule has 0 unspecified atom stereocenters. The zero-order chi connectivity index (χ0) is 27.7. The molecule has 0 bridgehead atoms. The van der Waals surface area contributed by atoms with Crippen molar-refractivity contribution in [2.45, 2.75) is 46.1 Å². The molecular weight excluding hydrogens is 497 g/mol. The lowest BCUT2D eigenvalue weighted by Gasteiger charge is -2.36. The normalized spacial score (nSPS) is 14.2. The maximum Gasteiger partial charge on any atom is 0.410 e. The molecule has 4 heterocycles. The minimum absolute atomic E-state index is 0.179. The molecule has 1 saturated heterocycles. The van der Waals surface area contributed by atoms with Crippen molar-refractivity contribution in [2.24, 2.45) is 0 Å². The number of amides is 1. The molecule has 1 aromatic carbocycles. The third-order valence-electron chi connectivity index (χ3n) is 6.62. The standard InChI is InChI=1S/C29H34FN7O2/c1-18(2)21-16-32-25(19-6-8-20(30)9-7-19)35-26(21)34-22-10-11-31-27-24(22)23(17-33-27)36-12-14-37(15-13-36)28(38)39-29(3,4)5/h6-11,16-18H,12-15H2,1-5H3,(H2,31,32,33,34,35). The lowest BCUT2D eigenvalue weighted by molar-refractivity contribution is 0.0240. The van der Waals surface area contributed by atoms with E-state index in [1.54, 1.807) is 23.2 Å². The molecule has 1 fully saturated rings. The van der Waals surface area contributed by atoms with Gasteiger partial charge < -0.3 is 24.8 Å². The van der Waals surface area contributed by atoms with Gasteiger partial charge in [0.1, 0.15) is 22.9 Å². The number of carbonyl (C=O) groups excluding carboxylic acids is 1. The first-order valence-electron chi connectivity index (χ1n) is 13.2. The second kappa shape index (κ2) is 10.5. The molecule has 0 saturated carbocycles. The number of halogens is 1. The van der Waals surface area contributed by atoms with E-state index in [4.69, 9.17) is 9.72 Å². The molecule has 1 aliphatic heterocycles. The van der Waals surface area contributed by atoms with Gasteiger partial charge in [0.2, 0.25) is 0 Å². The van der Waals surface area contributed by atoms with Crippen molar-refractivity contribution in [1.82, 2.24) is 24.8 Å². The van der Waals surface area contributed by atoms with Crippen molar-refractivity contribution >= 4 is 34.3 Å². The van der Waals surface area contributed by atoms with Gasteiger partial charge in [-0.3, -0.25) is 0 Å². The number of aromatic amines is 1. The van der Waals surface area contributed by atoms with Crippen molar-refractivity contribution in [3.05, 3.63) is 60.3 Å². The lowest BCUT2D eigenvalue weighted by Crippen LogP contribution is -2.50. The van der Waals surface area contributed by atoms with Gasteiger partial charge in [0, 0.05) is 55.9 Å². The number of aromatic nitrogens is 4. The summed E-state index contributed by atoms with van der Waals surface area (Å²) in [4.78, 5) is 33.7. The first kappa shape index (κ1) is 26.4. The SMILES string of the molecule is CC(C)c1cnc(-c2ccc(F)cc2)nc1Nc1ccnc2[nH]cc(N3CCN(C(=O)OC(C)(C)C)CC3)c12. The van der Waals surface area contributed by atoms with E-state index in [0.29, 0.717) is 37.8 Å². The molecule has 0 aliphatic carbocycles. The molecular formula is C29H34FN7O2. The van der Waals surface area contributed by atoms with E-state index >= 15 is 0 Å². The molecule has 10 heteroatoms. The van der Waals surface area contributed by atoms with Crippen LogP contribution in [-0.4, -0.2) is 62.7 Å². The van der Waals surface area contributed by atoms with Crippen molar-refractivity contribution in [2.75, 3.05) is 36.4 Å². The molecule has 4 aromatic rings. The zero-order valence-corrected chi connectivity index (χ0v) is 23.0. The highest BCUT2D eigenvalue weighted by Crippen LogP contribution is 2.36. The Hall–Kier alpha value is -4.21. The quantitative estimate of drug-likeness (QED) is 0.322. The molecule has 39 heavy (non-hydrogen) atoms. The van der Waals surface area contributed by atoms with Gasteiger partial charge in [0.15, 0.2) is 5.82 Å². The summed E-state index contributed by atoms with van der Waals surface area (Å²) in [6, 6.07) is 8.09. The minimum Gasteiger partial charge on any atom is -0.444 e. The fourth-order valence-corrected chi connectivity index (χ4v) is 4.63. The van der Waals surface area contributed by atoms with Crippen LogP contribution in [0.25, 0.3) is 22.4 Å². The molecule has 3 aromatic heterocycles. The second-order valence-corrected chi connectivity index (χ2v) is 11.0. The van der Waals surface area contributed by atoms with Crippen LogP contribution in [0.5, 0.6) is 0 Å². The Morgan fingerprint density at radius 1 is 1.08 bits per heavy atom. The van der Waals surface area contributed by atoms with Gasteiger partial charge in [-0.25, -0.2) is 24.1 Å². The molecule has 204 valence electrons. The summed E-state index contributed by atoms with van der Waals surface area (Å²) < 4.78 is 19.0. The largest absolute Gasteiger partial charge is 0.444 e. The fourth-order valence-electron chi connectivity index (χ4n) is 4.63. The van der Waals surface area contributed by atoms with E-state index in [0.717, 1.165) is 33.5 Å². The highest BCUT2D eigenvalue weighted by molar-refractivity contribution is 6.01. The molecule has 1 aliphatic rings. The van der Waals surface area contributed by atoms with E-state index in [9.17, 15) is 9.18 Å². The number of ether oxygens (including phenoxy) is 1. The van der Waals surface area contributed by atoms with Crippen LogP contribution in [0, 0.1) is 5.82 Å². The van der Waals surface area contributed by atoms with Gasteiger partial charge in [0.05, 0.1) is 16.8 Å². The number of nitrogens with one attached hydrogen (secondary N) is 2. The van der Waals surface area contributed by atoms with Gasteiger partial charge >= 0.3 is 6.09 Å². The van der Waals surface area contributed by atoms with Crippen LogP contribution in [0.3, 0.4) is 0 Å². The third-order valence-corrected chi connectivity index (χ3v) is 6.62. The van der Waals surface area contributed by atoms with Crippen LogP contribution >= 0.6 is 0 Å². The van der Waals surface area contributed by atoms with Crippen molar-refractivity contribution in [3.63, 3.8) is 0 Å². The summed E-state index contributed by atoms with van der Waals surface area (Å²) in [5, 5.41) is 4.48. The number of hydrogen-bond acceptors (Lipinski definition) is 7. The van der Waals surface area contributed by atoms with Crippen LogP contribution in [-0.2, 0) is 4.74 Å². The number of anilines is 3. The highest BCUT2D eigenvalue weighted by Gasteiger charge is 2.27. The number of hydrogen-bond donors (Lipinski definition) is 2. The number of pyridine rings is 1. The van der Waals surface area contributed by atoms with E-state index in [2.05, 4.69) is 39.0 Å². The molecule has 0 spiro atoms. The average Bonchev–Trinajstić information content (AvgIpc) is 3.33. The molecule has 0 atom stereocenters. The Kier molecular flexibility index (Phi) is 7.12. The maximum absolute atomic E-state index is 13.5. The summed E-state index contributed by atoms with van der Waals surface area (Å²) in [5.74, 6) is 1.08. The number of rotatable bonds is 5. The number of fused-ring (bicyclic) bond motifs is 1. The molecule has 9 nitrogen and oxygen atoms in total. The molecule has 2 N–H and O–H groups in total. The number of nitrogens with zero attached hydrogens (tertiary/aromatic N) is 5. The third kappa shape index (κ3) is 5.79. The van der Waals surface area contributed by atoms with Crippen LogP contribution in [0.1, 0.15) is 46.1 Å². The predicted molar refractivity (Wildman–Crippen MR) is 151 cm³/mol. The first-order chi connectivity index (χ1) is 18.6. The lowest BCUT2D eigenvalue weighted by atomic mass is 10.1. The van der Waals surface area contributed by atoms with Gasteiger partial charge in [0.25, 0.3) is 0 Å². The second-order valence-electron chi connectivity index (χ2n) is 11.0. The van der Waals surface area contributed by atoms with Crippen LogP contribution in [0.2, 0.25) is 0 Å². The first-order valence-corrected chi connectivity index (χ1v) is 13.2. The summed E-state index contributed by atoms with van der Waals surface area (Å²) in [6.07, 6.45) is 5.25. The van der Waals surface area contributed by atoms with E-state index < -0.39 is 5.60 Å². The Morgan fingerprint density at radius 3 is 2.46 bits per heavy atom. The van der Waals surface area contributed by atoms with Crippen LogP contribution in [0.4, 0.5) is 26.4 Å². The topological polar surface area (TPSA) is 99.3 Å². The summed E-state index contributed by atoms with van der Waals surface area (Å²) in [5.41, 5.74) is 3.79. The van der Waals surface area contributed by atoms with Crippen molar-refractivity contribution < 1.29 is 13.9 Å².